The van der Waals surface area contributed by atoms with E-state index < -0.39 is 0 Å². The van der Waals surface area contributed by atoms with Crippen molar-refractivity contribution < 1.29 is 4.79 Å². The minimum Gasteiger partial charge on any atom is -0.345 e. The average Bonchev–Trinajstić information content (AvgIpc) is 2.26. The molecule has 3 unspecified atom stereocenters. The normalized spacial score (nSPS) is 25.4. The first kappa shape index (κ1) is 14.5. The Morgan fingerprint density at radius 3 is 2.71 bits per heavy atom. The summed E-state index contributed by atoms with van der Waals surface area (Å²) in [4.78, 5) is 16.3. The molecule has 0 aliphatic carbocycles. The number of rotatable bonds is 4. The summed E-state index contributed by atoms with van der Waals surface area (Å²) < 4.78 is 0. The smallest absolute Gasteiger partial charge is 0.226 e. The summed E-state index contributed by atoms with van der Waals surface area (Å²) in [7, 11) is 4.05. The molecule has 100 valence electrons. The van der Waals surface area contributed by atoms with E-state index in [4.69, 9.17) is 5.73 Å². The van der Waals surface area contributed by atoms with Crippen LogP contribution in [0.1, 0.15) is 26.7 Å². The summed E-state index contributed by atoms with van der Waals surface area (Å²) >= 11 is 0. The highest BCUT2D eigenvalue weighted by Crippen LogP contribution is 2.17. The minimum absolute atomic E-state index is 0.0704. The lowest BCUT2D eigenvalue weighted by atomic mass is 9.97. The first-order chi connectivity index (χ1) is 7.91. The lowest BCUT2D eigenvalue weighted by Gasteiger charge is -2.33. The van der Waals surface area contributed by atoms with Crippen molar-refractivity contribution in [3.63, 3.8) is 0 Å². The van der Waals surface area contributed by atoms with Crippen LogP contribution in [0.25, 0.3) is 0 Å². The van der Waals surface area contributed by atoms with Gasteiger partial charge in [-0.15, -0.1) is 0 Å². The van der Waals surface area contributed by atoms with Gasteiger partial charge in [0.15, 0.2) is 0 Å². The van der Waals surface area contributed by atoms with Gasteiger partial charge in [0.05, 0.1) is 5.92 Å². The number of hydrogen-bond donors (Lipinski definition) is 1. The van der Waals surface area contributed by atoms with E-state index in [0.717, 1.165) is 13.1 Å². The number of nitrogens with two attached hydrogens (primary N) is 1. The van der Waals surface area contributed by atoms with E-state index in [0.29, 0.717) is 5.92 Å². The number of piperidine rings is 1. The van der Waals surface area contributed by atoms with E-state index in [9.17, 15) is 4.79 Å². The molecule has 0 aromatic carbocycles. The zero-order valence-electron chi connectivity index (χ0n) is 11.6. The summed E-state index contributed by atoms with van der Waals surface area (Å²) in [6.07, 6.45) is 2.47. The van der Waals surface area contributed by atoms with Crippen molar-refractivity contribution in [2.24, 2.45) is 17.6 Å². The zero-order valence-corrected chi connectivity index (χ0v) is 11.6. The molecule has 1 aliphatic rings. The van der Waals surface area contributed by atoms with Gasteiger partial charge in [-0.1, -0.05) is 6.92 Å². The van der Waals surface area contributed by atoms with Gasteiger partial charge in [0.1, 0.15) is 0 Å². The lowest BCUT2D eigenvalue weighted by molar-refractivity contribution is -0.134. The fourth-order valence-electron chi connectivity index (χ4n) is 2.47. The van der Waals surface area contributed by atoms with Gasteiger partial charge >= 0.3 is 0 Å². The molecule has 0 radical (unpaired) electrons. The molecule has 1 aliphatic heterocycles. The van der Waals surface area contributed by atoms with Crippen LogP contribution in [0.5, 0.6) is 0 Å². The van der Waals surface area contributed by atoms with Gasteiger partial charge in [-0.05, 0) is 39.3 Å². The molecule has 0 aromatic heterocycles. The summed E-state index contributed by atoms with van der Waals surface area (Å²) in [5.74, 6) is 0.706. The van der Waals surface area contributed by atoms with Gasteiger partial charge in [-0.3, -0.25) is 4.79 Å². The summed E-state index contributed by atoms with van der Waals surface area (Å²) in [6, 6.07) is -0.0704. The van der Waals surface area contributed by atoms with Crippen molar-refractivity contribution in [1.29, 1.82) is 0 Å². The average molecular weight is 241 g/mol. The second kappa shape index (κ2) is 6.36. The van der Waals surface area contributed by atoms with E-state index in [2.05, 4.69) is 11.9 Å². The Labute approximate surface area is 105 Å². The molecule has 0 aromatic rings. The van der Waals surface area contributed by atoms with E-state index in [1.165, 1.54) is 19.4 Å². The third-order valence-electron chi connectivity index (χ3n) is 3.81. The maximum Gasteiger partial charge on any atom is 0.226 e. The van der Waals surface area contributed by atoms with Crippen LogP contribution in [0.4, 0.5) is 0 Å². The molecule has 17 heavy (non-hydrogen) atoms. The highest BCUT2D eigenvalue weighted by molar-refractivity contribution is 5.78. The van der Waals surface area contributed by atoms with Crippen LogP contribution in [0.2, 0.25) is 0 Å². The Morgan fingerprint density at radius 2 is 2.18 bits per heavy atom. The third-order valence-corrected chi connectivity index (χ3v) is 3.81. The summed E-state index contributed by atoms with van der Waals surface area (Å²) in [5, 5.41) is 0. The minimum atomic E-state index is -0.0821. The Balaban J connectivity index is 2.42. The Hall–Kier alpha value is -0.610. The monoisotopic (exact) mass is 241 g/mol. The number of likely N-dealkylation sites (tertiary alicyclic amines) is 1. The Bertz CT molecular complexity index is 255. The summed E-state index contributed by atoms with van der Waals surface area (Å²) in [6.45, 7) is 6.95. The van der Waals surface area contributed by atoms with E-state index in [1.54, 1.807) is 0 Å². The zero-order chi connectivity index (χ0) is 13.0. The molecule has 1 fully saturated rings. The SMILES string of the molecule is CC(N)C(C)C(=O)N(C)CC1CCCN(C)C1. The molecule has 3 atom stereocenters. The van der Waals surface area contributed by atoms with Crippen LogP contribution in [0.15, 0.2) is 0 Å². The largest absolute Gasteiger partial charge is 0.345 e. The van der Waals surface area contributed by atoms with Crippen molar-refractivity contribution >= 4 is 5.91 Å². The quantitative estimate of drug-likeness (QED) is 0.791. The number of hydrogen-bond acceptors (Lipinski definition) is 3. The van der Waals surface area contributed by atoms with E-state index in [-0.39, 0.29) is 17.9 Å². The first-order valence-corrected chi connectivity index (χ1v) is 6.61. The molecule has 2 N–H and O–H groups in total. The van der Waals surface area contributed by atoms with Crippen LogP contribution < -0.4 is 5.73 Å². The molecular formula is C13H27N3O. The molecule has 1 heterocycles. The molecule has 1 rings (SSSR count). The second-order valence-corrected chi connectivity index (χ2v) is 5.64. The van der Waals surface area contributed by atoms with E-state index >= 15 is 0 Å². The fraction of sp³-hybridized carbons (Fsp3) is 0.923. The van der Waals surface area contributed by atoms with Gasteiger partial charge in [0.25, 0.3) is 0 Å². The van der Waals surface area contributed by atoms with Crippen molar-refractivity contribution in [2.45, 2.75) is 32.7 Å². The molecule has 0 bridgehead atoms. The predicted molar refractivity (Wildman–Crippen MR) is 70.7 cm³/mol. The van der Waals surface area contributed by atoms with Crippen LogP contribution in [-0.2, 0) is 4.79 Å². The van der Waals surface area contributed by atoms with Gasteiger partial charge in [0, 0.05) is 26.2 Å². The van der Waals surface area contributed by atoms with Crippen molar-refractivity contribution in [3.05, 3.63) is 0 Å². The highest BCUT2D eigenvalue weighted by Gasteiger charge is 2.24. The van der Waals surface area contributed by atoms with Gasteiger partial charge < -0.3 is 15.5 Å². The molecule has 4 heteroatoms. The molecule has 1 saturated heterocycles. The van der Waals surface area contributed by atoms with Gasteiger partial charge in [-0.2, -0.15) is 0 Å². The van der Waals surface area contributed by atoms with Crippen LogP contribution in [-0.4, -0.2) is 55.5 Å². The topological polar surface area (TPSA) is 49.6 Å². The number of carbonyl (C=O) groups is 1. The fourth-order valence-corrected chi connectivity index (χ4v) is 2.47. The molecular weight excluding hydrogens is 214 g/mol. The van der Waals surface area contributed by atoms with Crippen molar-refractivity contribution in [2.75, 3.05) is 33.7 Å². The Kier molecular flexibility index (Phi) is 5.40. The maximum atomic E-state index is 12.1. The first-order valence-electron chi connectivity index (χ1n) is 6.61. The van der Waals surface area contributed by atoms with E-state index in [1.807, 2.05) is 25.8 Å². The van der Waals surface area contributed by atoms with Crippen LogP contribution >= 0.6 is 0 Å². The Morgan fingerprint density at radius 1 is 1.53 bits per heavy atom. The number of nitrogens with zero attached hydrogens (tertiary/aromatic N) is 2. The molecule has 4 nitrogen and oxygen atoms in total. The predicted octanol–water partition coefficient (Wildman–Crippen LogP) is 0.770. The maximum absolute atomic E-state index is 12.1. The second-order valence-electron chi connectivity index (χ2n) is 5.64. The van der Waals surface area contributed by atoms with Crippen molar-refractivity contribution in [3.8, 4) is 0 Å². The van der Waals surface area contributed by atoms with Gasteiger partial charge in [-0.25, -0.2) is 0 Å². The lowest BCUT2D eigenvalue weighted by Crippen LogP contribution is -2.44. The number of carbonyl (C=O) groups excluding carboxylic acids is 1. The molecule has 0 saturated carbocycles. The van der Waals surface area contributed by atoms with Crippen LogP contribution in [0, 0.1) is 11.8 Å². The van der Waals surface area contributed by atoms with Crippen molar-refractivity contribution in [1.82, 2.24) is 9.80 Å². The van der Waals surface area contributed by atoms with Gasteiger partial charge in [0.2, 0.25) is 5.91 Å². The molecule has 0 spiro atoms. The molecule has 1 amide bonds. The summed E-state index contributed by atoms with van der Waals surface area (Å²) in [5.41, 5.74) is 5.77. The third kappa shape index (κ3) is 4.28. The standard InChI is InChI=1S/C13H27N3O/c1-10(11(2)14)13(17)16(4)9-12-6-5-7-15(3)8-12/h10-12H,5-9,14H2,1-4H3. The van der Waals surface area contributed by atoms with Crippen LogP contribution in [0.3, 0.4) is 0 Å². The number of amides is 1. The highest BCUT2D eigenvalue weighted by atomic mass is 16.2.